The van der Waals surface area contributed by atoms with Crippen molar-refractivity contribution in [3.8, 4) is 0 Å². The van der Waals surface area contributed by atoms with Gasteiger partial charge in [-0.25, -0.2) is 0 Å². The van der Waals surface area contributed by atoms with Crippen LogP contribution in [0.15, 0.2) is 0 Å². The van der Waals surface area contributed by atoms with Crippen molar-refractivity contribution < 1.29 is 58.2 Å². The highest BCUT2D eigenvalue weighted by Crippen LogP contribution is 2.22. The first-order valence-corrected chi connectivity index (χ1v) is 28.6. The second-order valence-corrected chi connectivity index (χ2v) is 24.0. The van der Waals surface area contributed by atoms with Crippen molar-refractivity contribution in [2.45, 2.75) is 246 Å². The van der Waals surface area contributed by atoms with E-state index in [1.807, 2.05) is 11.8 Å². The number of unbranched alkanes of at least 4 members (excludes halogenated alkanes) is 3. The lowest BCUT2D eigenvalue weighted by Gasteiger charge is -2.35. The monoisotopic (exact) mass is 1120 g/mol. The van der Waals surface area contributed by atoms with E-state index < -0.39 is 124 Å². The van der Waals surface area contributed by atoms with Crippen LogP contribution in [-0.2, 0) is 47.9 Å². The van der Waals surface area contributed by atoms with E-state index in [0.717, 1.165) is 25.7 Å². The summed E-state index contributed by atoms with van der Waals surface area (Å²) in [6, 6.07) is -6.90. The van der Waals surface area contributed by atoms with E-state index in [1.54, 1.807) is 48.6 Å². The molecule has 0 radical (unpaired) electrons. The van der Waals surface area contributed by atoms with Crippen LogP contribution in [0, 0.1) is 17.8 Å². The van der Waals surface area contributed by atoms with Crippen molar-refractivity contribution in [1.29, 1.82) is 0 Å². The fourth-order valence-corrected chi connectivity index (χ4v) is 9.16. The van der Waals surface area contributed by atoms with Gasteiger partial charge in [0.2, 0.25) is 53.2 Å². The fourth-order valence-electron chi connectivity index (χ4n) is 9.16. The molecule has 23 nitrogen and oxygen atoms in total. The van der Waals surface area contributed by atoms with Crippen molar-refractivity contribution >= 4 is 58.9 Å². The zero-order valence-electron chi connectivity index (χ0n) is 50.6. The molecule has 1 aliphatic rings. The number of carbonyl (C=O) groups is 10. The van der Waals surface area contributed by atoms with E-state index in [4.69, 9.17) is 5.73 Å². The van der Waals surface area contributed by atoms with Crippen LogP contribution in [0.4, 0.5) is 0 Å². The number of aliphatic hydroxyl groups is 2. The predicted octanol–water partition coefficient (Wildman–Crippen LogP) is 1.20. The largest absolute Gasteiger partial charge is 0.395 e. The van der Waals surface area contributed by atoms with Gasteiger partial charge in [0.15, 0.2) is 0 Å². The van der Waals surface area contributed by atoms with Gasteiger partial charge in [-0.2, -0.15) is 0 Å². The topological polar surface area (TPSA) is 340 Å². The average Bonchev–Trinajstić information content (AvgIpc) is 3.85. The summed E-state index contributed by atoms with van der Waals surface area (Å²) >= 11 is 0. The van der Waals surface area contributed by atoms with Crippen LogP contribution >= 0.6 is 0 Å². The number of amides is 9. The Balaban J connectivity index is 3.23. The fraction of sp³-hybridized carbons (Fsp3) is 0.821. The number of nitrogens with two attached hydrogens (primary N) is 1. The Kier molecular flexibility index (Phi) is 30.4. The van der Waals surface area contributed by atoms with Crippen molar-refractivity contribution in [1.82, 2.24) is 52.3 Å². The second-order valence-electron chi connectivity index (χ2n) is 24.0. The van der Waals surface area contributed by atoms with Crippen LogP contribution in [0.25, 0.3) is 0 Å². The van der Waals surface area contributed by atoms with E-state index >= 15 is 0 Å². The molecular weight excluding hydrogens is 1020 g/mol. The highest BCUT2D eigenvalue weighted by Gasteiger charge is 2.42. The first-order valence-electron chi connectivity index (χ1n) is 28.6. The van der Waals surface area contributed by atoms with Crippen molar-refractivity contribution in [3.63, 3.8) is 0 Å². The Labute approximate surface area is 470 Å². The molecule has 0 spiro atoms. The SMILES string of the molecule is CCCCCC[C@H](N)C(=O)N1CCC[C@H]1C(=O)N[C@@H](CC(C)CC(O)CC(=O)CC)C(=O)N[C@@H](C)C(=O)NC(C)(C)C(=O)N[C@H](C(=O)N[C@H](C(=O)NC(C)(C)C(=O)NC(C)(C)C(=O)NC(C)CN(C)CCO)C(C)C)[C@@H](C)CC. The number of aliphatic hydroxyl groups excluding tert-OH is 2. The molecule has 0 aromatic heterocycles. The standard InChI is InChI=1S/C56H103N11O12/c1-17-20-21-22-24-40(57)50(76)67-26-23-25-42(67)47(73)60-41(30-34(6)29-39(70)31-38(69)19-3)46(72)59-37(9)45(71)63-54(10,11)52(78)62-44(35(7)18-2)48(74)61-43(33(4)5)49(75)64-56(14,15)53(79)65-55(12,13)51(77)58-36(8)32-66(16)27-28-68/h33-37,39-44,68,70H,17-32,57H2,1-16H3,(H,58,77)(H,59,72)(H,60,73)(H,61,74)(H,62,78)(H,63,71)(H,64,75)(H,65,79)/t34?,35-,36?,37-,39?,40-,41-,42-,43-,44-/m0/s1. The highest BCUT2D eigenvalue weighted by atomic mass is 16.3. The first-order chi connectivity index (χ1) is 36.6. The summed E-state index contributed by atoms with van der Waals surface area (Å²) in [7, 11) is 1.80. The number of hydrogen-bond donors (Lipinski definition) is 11. The smallest absolute Gasteiger partial charge is 0.246 e. The van der Waals surface area contributed by atoms with Gasteiger partial charge < -0.3 is 68.3 Å². The Bertz CT molecular complexity index is 2050. The summed E-state index contributed by atoms with van der Waals surface area (Å²) in [5.41, 5.74) is 1.64. The number of hydrogen-bond acceptors (Lipinski definition) is 14. The van der Waals surface area contributed by atoms with Crippen LogP contribution in [-0.4, -0.2) is 177 Å². The third-order valence-electron chi connectivity index (χ3n) is 14.6. The van der Waals surface area contributed by atoms with Crippen LogP contribution < -0.4 is 48.3 Å². The average molecular weight is 1120 g/mol. The molecule has 3 unspecified atom stereocenters. The molecule has 1 rings (SSSR count). The number of likely N-dealkylation sites (N-methyl/N-ethyl adjacent to an activating group) is 1. The second kappa shape index (κ2) is 33.5. The number of Topliss-reactive ketones (excluding diaryl/α,β-unsaturated/α-hetero) is 1. The minimum atomic E-state index is -1.68. The summed E-state index contributed by atoms with van der Waals surface area (Å²) in [5.74, 6) is -7.29. The molecule has 10 atom stereocenters. The molecule has 23 heteroatoms. The number of nitrogens with one attached hydrogen (secondary N) is 8. The lowest BCUT2D eigenvalue weighted by atomic mass is 9.92. The molecule has 1 fully saturated rings. The van der Waals surface area contributed by atoms with Crippen LogP contribution in [0.1, 0.15) is 181 Å². The van der Waals surface area contributed by atoms with E-state index in [2.05, 4.69) is 49.5 Å². The number of rotatable bonds is 36. The molecule has 0 bridgehead atoms. The number of carbonyl (C=O) groups excluding carboxylic acids is 10. The van der Waals surface area contributed by atoms with Crippen LogP contribution in [0.3, 0.4) is 0 Å². The molecule has 1 heterocycles. The molecule has 12 N–H and O–H groups in total. The molecule has 0 aliphatic carbocycles. The first kappa shape index (κ1) is 71.8. The Hall–Kier alpha value is -5.26. The summed E-state index contributed by atoms with van der Waals surface area (Å²) < 4.78 is 0. The molecule has 0 saturated carbocycles. The number of likely N-dealkylation sites (tertiary alicyclic amines) is 1. The maximum atomic E-state index is 14.1. The van der Waals surface area contributed by atoms with Gasteiger partial charge in [0.25, 0.3) is 0 Å². The summed E-state index contributed by atoms with van der Waals surface area (Å²) in [5, 5.41) is 41.7. The Morgan fingerprint density at radius 3 is 1.84 bits per heavy atom. The van der Waals surface area contributed by atoms with Gasteiger partial charge in [-0.05, 0) is 112 Å². The van der Waals surface area contributed by atoms with Gasteiger partial charge in [0.1, 0.15) is 52.6 Å². The quantitative estimate of drug-likeness (QED) is 0.0393. The maximum absolute atomic E-state index is 14.1. The van der Waals surface area contributed by atoms with E-state index in [1.165, 1.54) is 53.4 Å². The van der Waals surface area contributed by atoms with Crippen molar-refractivity contribution in [2.75, 3.05) is 33.3 Å². The molecule has 0 aromatic carbocycles. The van der Waals surface area contributed by atoms with E-state index in [0.29, 0.717) is 45.3 Å². The molecule has 1 saturated heterocycles. The lowest BCUT2D eigenvalue weighted by molar-refractivity contribution is -0.141. The lowest BCUT2D eigenvalue weighted by Crippen LogP contribution is -2.66. The van der Waals surface area contributed by atoms with Gasteiger partial charge in [0.05, 0.1) is 18.8 Å². The van der Waals surface area contributed by atoms with Crippen LogP contribution in [0.2, 0.25) is 0 Å². The minimum Gasteiger partial charge on any atom is -0.395 e. The van der Waals surface area contributed by atoms with Gasteiger partial charge in [0, 0.05) is 38.5 Å². The predicted molar refractivity (Wildman–Crippen MR) is 302 cm³/mol. The minimum absolute atomic E-state index is 0.00477. The molecule has 1 aliphatic heterocycles. The van der Waals surface area contributed by atoms with Gasteiger partial charge >= 0.3 is 0 Å². The third-order valence-corrected chi connectivity index (χ3v) is 14.6. The zero-order valence-corrected chi connectivity index (χ0v) is 50.6. The Morgan fingerprint density at radius 2 is 1.27 bits per heavy atom. The van der Waals surface area contributed by atoms with Gasteiger partial charge in [-0.15, -0.1) is 0 Å². The van der Waals surface area contributed by atoms with Crippen LogP contribution in [0.5, 0.6) is 0 Å². The zero-order chi connectivity index (χ0) is 60.7. The highest BCUT2D eigenvalue weighted by molar-refractivity contribution is 6.00. The third kappa shape index (κ3) is 24.2. The number of ketones is 1. The molecule has 0 aromatic rings. The van der Waals surface area contributed by atoms with Crippen molar-refractivity contribution in [2.24, 2.45) is 23.5 Å². The molecule has 79 heavy (non-hydrogen) atoms. The summed E-state index contributed by atoms with van der Waals surface area (Å²) in [6.45, 7) is 25.6. The summed E-state index contributed by atoms with van der Waals surface area (Å²) in [4.78, 5) is 140. The van der Waals surface area contributed by atoms with E-state index in [9.17, 15) is 58.2 Å². The molecule has 9 amide bonds. The maximum Gasteiger partial charge on any atom is 0.246 e. The van der Waals surface area contributed by atoms with Gasteiger partial charge in [-0.3, -0.25) is 47.9 Å². The molecule has 454 valence electrons. The molecular formula is C56H103N11O12. The van der Waals surface area contributed by atoms with Gasteiger partial charge in [-0.1, -0.05) is 80.6 Å². The Morgan fingerprint density at radius 1 is 0.684 bits per heavy atom. The summed E-state index contributed by atoms with van der Waals surface area (Å²) in [6.07, 6.45) is 4.85. The van der Waals surface area contributed by atoms with E-state index in [-0.39, 0.29) is 50.0 Å². The van der Waals surface area contributed by atoms with Crippen molar-refractivity contribution in [3.05, 3.63) is 0 Å². The number of nitrogens with zero attached hydrogens (tertiary/aromatic N) is 2. The normalized spacial score (nSPS) is 17.4.